The van der Waals surface area contributed by atoms with Crippen molar-refractivity contribution in [2.75, 3.05) is 37.0 Å². The highest BCUT2D eigenvalue weighted by molar-refractivity contribution is 7.93. The van der Waals surface area contributed by atoms with Gasteiger partial charge >= 0.3 is 12.4 Å². The number of anilines is 2. The molecule has 0 unspecified atom stereocenters. The summed E-state index contributed by atoms with van der Waals surface area (Å²) in [5, 5.41) is 8.63. The fraction of sp³-hybridized carbons (Fsp3) is 0.200. The predicted molar refractivity (Wildman–Crippen MR) is 272 cm³/mol. The van der Waals surface area contributed by atoms with E-state index >= 15 is 8.78 Å². The molecule has 8 rings (SSSR count). The fourth-order valence-corrected chi connectivity index (χ4v) is 11.5. The first-order chi connectivity index (χ1) is 38.0. The van der Waals surface area contributed by atoms with E-state index in [0.29, 0.717) is 75.8 Å². The third-order valence-electron chi connectivity index (χ3n) is 10.8. The summed E-state index contributed by atoms with van der Waals surface area (Å²) in [4.78, 5) is 5.69. The molecule has 16 nitrogen and oxygen atoms in total. The summed E-state index contributed by atoms with van der Waals surface area (Å²) in [5.41, 5.74) is -0.573. The zero-order chi connectivity index (χ0) is 59.8. The monoisotopic (exact) mass is 1220 g/mol. The molecule has 0 aliphatic carbocycles. The van der Waals surface area contributed by atoms with Crippen molar-refractivity contribution in [3.8, 4) is 40.2 Å². The van der Waals surface area contributed by atoms with E-state index in [1.165, 1.54) is 66.6 Å². The first kappa shape index (κ1) is 62.2. The zero-order valence-corrected chi connectivity index (χ0v) is 45.7. The number of hydrogen-bond donors (Lipinski definition) is 1. The number of sulfonamides is 2. The molecule has 0 spiro atoms. The van der Waals surface area contributed by atoms with E-state index < -0.39 is 100 Å². The van der Waals surface area contributed by atoms with Crippen LogP contribution in [0, 0.1) is 42.9 Å². The minimum Gasteiger partial charge on any atom is -0.508 e. The molecule has 0 saturated carbocycles. The van der Waals surface area contributed by atoms with E-state index in [1.807, 2.05) is 0 Å². The van der Waals surface area contributed by atoms with Gasteiger partial charge in [0.1, 0.15) is 68.6 Å². The number of methoxy groups -OCH3 is 4. The van der Waals surface area contributed by atoms with Crippen LogP contribution in [0.1, 0.15) is 33.4 Å². The molecule has 0 amide bonds. The van der Waals surface area contributed by atoms with Gasteiger partial charge in [-0.25, -0.2) is 57.4 Å². The topological polar surface area (TPSA) is 193 Å². The highest BCUT2D eigenvalue weighted by Crippen LogP contribution is 2.39. The number of rotatable bonds is 16. The van der Waals surface area contributed by atoms with Crippen molar-refractivity contribution in [2.24, 2.45) is 0 Å². The number of ether oxygens (including phenoxy) is 5. The molecular weight excluding hydrogens is 1180 g/mol. The predicted octanol–water partition coefficient (Wildman–Crippen LogP) is 12.4. The van der Waals surface area contributed by atoms with Crippen LogP contribution in [0.2, 0.25) is 0 Å². The van der Waals surface area contributed by atoms with Crippen molar-refractivity contribution in [3.05, 3.63) is 172 Å². The molecule has 0 fully saturated rings. The summed E-state index contributed by atoms with van der Waals surface area (Å²) >= 11 is 1.44. The first-order valence-corrected chi connectivity index (χ1v) is 26.8. The van der Waals surface area contributed by atoms with Crippen LogP contribution in [-0.2, 0) is 45.5 Å². The second-order valence-electron chi connectivity index (χ2n) is 16.4. The summed E-state index contributed by atoms with van der Waals surface area (Å²) in [6.45, 7) is 2.14. The van der Waals surface area contributed by atoms with Gasteiger partial charge in [-0.15, -0.1) is 0 Å². The molecule has 31 heteroatoms. The Balaban J connectivity index is 0.000000223. The smallest absolute Gasteiger partial charge is 0.416 e. The molecule has 2 aromatic heterocycles. The molecule has 0 aliphatic rings. The number of aromatic nitrogens is 4. The van der Waals surface area contributed by atoms with E-state index in [2.05, 4.69) is 18.7 Å². The Kier molecular flexibility index (Phi) is 19.7. The minimum atomic E-state index is -4.80. The Morgan fingerprint density at radius 2 is 0.926 bits per heavy atom. The number of nitrogens with zero attached hydrogens (tertiary/aromatic N) is 6. The number of phenols is 1. The van der Waals surface area contributed by atoms with Crippen molar-refractivity contribution in [2.45, 2.75) is 49.1 Å². The highest BCUT2D eigenvalue weighted by Gasteiger charge is 2.36. The van der Waals surface area contributed by atoms with E-state index in [0.717, 1.165) is 44.9 Å². The van der Waals surface area contributed by atoms with Gasteiger partial charge in [0.05, 0.1) is 52.7 Å². The molecule has 8 aromatic rings. The molecular formula is C50H41F11N6O10S4. The third-order valence-corrected chi connectivity index (χ3v) is 15.9. The van der Waals surface area contributed by atoms with Gasteiger partial charge in [-0.3, -0.25) is 0 Å². The number of aromatic hydroxyl groups is 1. The SMILES string of the molecule is COc1ccc(CN(c2ncns2)S(=O)(=O)c2cc(F)c(F)cc2F)c(OC)c1.COc1ccc(CN(c2ncns2)S(=O)(=O)c2cc(F)c(Oc3cc(C)cc(C(F)(F)F)c3)cc2F)c(OC)c1.Cc1cc(O)cc(C(F)(F)F)c1. The Morgan fingerprint density at radius 1 is 0.494 bits per heavy atom. The molecule has 0 bridgehead atoms. The molecule has 2 heterocycles. The lowest BCUT2D eigenvalue weighted by Crippen LogP contribution is -2.31. The lowest BCUT2D eigenvalue weighted by Gasteiger charge is -2.23. The lowest BCUT2D eigenvalue weighted by molar-refractivity contribution is -0.138. The van der Waals surface area contributed by atoms with Crippen LogP contribution in [0.5, 0.6) is 40.2 Å². The average Bonchev–Trinajstić information content (AvgIpc) is 4.36. The average molecular weight is 1220 g/mol. The van der Waals surface area contributed by atoms with Crippen LogP contribution in [0.25, 0.3) is 0 Å². The van der Waals surface area contributed by atoms with Crippen molar-refractivity contribution < 1.29 is 93.9 Å². The van der Waals surface area contributed by atoms with Crippen LogP contribution in [0.4, 0.5) is 58.6 Å². The van der Waals surface area contributed by atoms with Crippen LogP contribution in [0.3, 0.4) is 0 Å². The molecule has 0 saturated heterocycles. The van der Waals surface area contributed by atoms with Crippen LogP contribution < -0.4 is 32.3 Å². The number of phenolic OH excluding ortho intramolecular Hbond substituents is 1. The van der Waals surface area contributed by atoms with E-state index in [-0.39, 0.29) is 39.9 Å². The summed E-state index contributed by atoms with van der Waals surface area (Å²) in [6.07, 6.45) is -6.87. The first-order valence-electron chi connectivity index (χ1n) is 22.4. The quantitative estimate of drug-likeness (QED) is 0.0709. The van der Waals surface area contributed by atoms with Crippen LogP contribution in [0.15, 0.2) is 120 Å². The minimum absolute atomic E-state index is 0.0907. The molecule has 0 atom stereocenters. The molecule has 1 N–H and O–H groups in total. The van der Waals surface area contributed by atoms with E-state index in [9.17, 15) is 56.3 Å². The Bertz CT molecular complexity index is 3710. The van der Waals surface area contributed by atoms with Crippen molar-refractivity contribution in [3.63, 3.8) is 0 Å². The summed E-state index contributed by atoms with van der Waals surface area (Å²) in [7, 11) is -3.82. The third kappa shape index (κ3) is 15.3. The Morgan fingerprint density at radius 3 is 1.35 bits per heavy atom. The highest BCUT2D eigenvalue weighted by atomic mass is 32.2. The number of alkyl halides is 6. The molecule has 0 radical (unpaired) electrons. The van der Waals surface area contributed by atoms with Crippen LogP contribution >= 0.6 is 23.1 Å². The normalized spacial score (nSPS) is 11.6. The summed E-state index contributed by atoms with van der Waals surface area (Å²) in [6, 6.07) is 16.2. The zero-order valence-electron chi connectivity index (χ0n) is 42.4. The Labute approximate surface area is 462 Å². The number of benzene rings is 6. The van der Waals surface area contributed by atoms with Gasteiger partial charge in [-0.1, -0.05) is 0 Å². The van der Waals surface area contributed by atoms with E-state index in [4.69, 9.17) is 28.8 Å². The standard InChI is InChI=1S/C25H20F5N3O5S2.C17H14F3N3O4S2.C8H7F3O/c1-14-6-16(25(28,29)30)8-18(7-14)38-22-10-20(27)23(11-19(22)26)40(34,35)33(24-31-13-32-39-24)12-15-4-5-17(36-2)9-21(15)37-3;1-26-11-4-3-10(15(5-11)27-2)8-23(17-21-9-22-28-17)29(24,25)16-7-13(19)12(18)6-14(16)20;1-5-2-6(8(9,10)11)4-7(12)3-5/h4-11,13H,12H2,1-3H3;3-7,9H,8H2,1-2H3;2-4,12H,1H3. The second kappa shape index (κ2) is 25.6. The maximum Gasteiger partial charge on any atom is 0.416 e. The van der Waals surface area contributed by atoms with Gasteiger partial charge in [-0.05, 0) is 85.6 Å². The second-order valence-corrected chi connectivity index (χ2v) is 21.6. The van der Waals surface area contributed by atoms with Gasteiger partial charge in [0.15, 0.2) is 23.2 Å². The van der Waals surface area contributed by atoms with Crippen molar-refractivity contribution in [1.29, 1.82) is 0 Å². The molecule has 432 valence electrons. The molecule has 81 heavy (non-hydrogen) atoms. The lowest BCUT2D eigenvalue weighted by atomic mass is 10.1. The fourth-order valence-electron chi connectivity index (χ4n) is 7.09. The Hall–Kier alpha value is -8.03. The summed E-state index contributed by atoms with van der Waals surface area (Å²) < 4.78 is 236. The molecule has 6 aromatic carbocycles. The van der Waals surface area contributed by atoms with Gasteiger partial charge in [0.25, 0.3) is 20.0 Å². The van der Waals surface area contributed by atoms with Gasteiger partial charge < -0.3 is 28.8 Å². The van der Waals surface area contributed by atoms with Gasteiger partial charge in [-0.2, -0.15) is 35.1 Å². The number of hydrogen-bond acceptors (Lipinski definition) is 16. The summed E-state index contributed by atoms with van der Waals surface area (Å²) in [5.74, 6) is -7.26. The number of aryl methyl sites for hydroxylation is 2. The van der Waals surface area contributed by atoms with Gasteiger partial charge in [0, 0.05) is 70.6 Å². The number of halogens is 11. The van der Waals surface area contributed by atoms with Crippen LogP contribution in [-0.4, -0.2) is 69.1 Å². The van der Waals surface area contributed by atoms with E-state index in [1.54, 1.807) is 24.3 Å². The maximum atomic E-state index is 15.3. The van der Waals surface area contributed by atoms with Crippen molar-refractivity contribution in [1.82, 2.24) is 18.7 Å². The van der Waals surface area contributed by atoms with Gasteiger partial charge in [0.2, 0.25) is 10.3 Å². The maximum absolute atomic E-state index is 15.3. The van der Waals surface area contributed by atoms with Crippen molar-refractivity contribution >= 4 is 53.4 Å². The molecule has 0 aliphatic heterocycles. The largest absolute Gasteiger partial charge is 0.508 e.